The second kappa shape index (κ2) is 6.34. The number of rotatable bonds is 5. The van der Waals surface area contributed by atoms with Crippen LogP contribution in [-0.4, -0.2) is 33.6 Å². The molecule has 0 heterocycles. The van der Waals surface area contributed by atoms with E-state index in [-0.39, 0.29) is 22.9 Å². The molecule has 1 saturated carbocycles. The van der Waals surface area contributed by atoms with Gasteiger partial charge in [-0.1, -0.05) is 13.0 Å². The van der Waals surface area contributed by atoms with E-state index in [4.69, 9.17) is 15.4 Å². The normalized spacial score (nSPS) is 21.7. The fourth-order valence-electron chi connectivity index (χ4n) is 2.37. The predicted octanol–water partition coefficient (Wildman–Crippen LogP) is 2.08. The third kappa shape index (κ3) is 3.75. The summed E-state index contributed by atoms with van der Waals surface area (Å²) in [7, 11) is 3.14. The number of hydrogen-bond donors (Lipinski definition) is 1. The molecule has 0 unspecified atom stereocenters. The van der Waals surface area contributed by atoms with Crippen LogP contribution in [0.1, 0.15) is 35.7 Å². The Kier molecular flexibility index (Phi) is 4.91. The van der Waals surface area contributed by atoms with Gasteiger partial charge in [0.15, 0.2) is 0 Å². The third-order valence-electron chi connectivity index (χ3n) is 3.75. The largest absolute Gasteiger partial charge is 0.381 e. The molecule has 1 aliphatic rings. The first-order valence-corrected chi connectivity index (χ1v) is 9.07. The van der Waals surface area contributed by atoms with Gasteiger partial charge in [-0.3, -0.25) is 4.79 Å². The zero-order valence-electron chi connectivity index (χ0n) is 11.9. The van der Waals surface area contributed by atoms with Gasteiger partial charge in [0.2, 0.25) is 0 Å². The summed E-state index contributed by atoms with van der Waals surface area (Å²) < 4.78 is 28.0. The molecule has 0 spiro atoms. The topological polar surface area (TPSA) is 72.5 Å². The minimum atomic E-state index is -3.84. The van der Waals surface area contributed by atoms with Gasteiger partial charge in [-0.2, -0.15) is 0 Å². The van der Waals surface area contributed by atoms with E-state index in [9.17, 15) is 13.2 Å². The molecule has 1 fully saturated rings. The average Bonchev–Trinajstić information content (AvgIpc) is 2.40. The van der Waals surface area contributed by atoms with Crippen LogP contribution in [0, 0.1) is 0 Å². The fraction of sp³-hybridized carbons (Fsp3) is 0.500. The van der Waals surface area contributed by atoms with Crippen LogP contribution < -0.4 is 5.32 Å². The van der Waals surface area contributed by atoms with Gasteiger partial charge in [-0.05, 0) is 37.0 Å². The molecule has 1 amide bonds. The first kappa shape index (κ1) is 16.3. The summed E-state index contributed by atoms with van der Waals surface area (Å²) >= 11 is 0. The zero-order chi connectivity index (χ0) is 15.6. The molecule has 5 nitrogen and oxygen atoms in total. The lowest BCUT2D eigenvalue weighted by Gasteiger charge is -2.34. The molecule has 7 heteroatoms. The summed E-state index contributed by atoms with van der Waals surface area (Å²) in [5.74, 6) is -0.270. The van der Waals surface area contributed by atoms with Crippen molar-refractivity contribution in [1.82, 2.24) is 5.32 Å². The number of carbonyl (C=O) groups excluding carboxylic acids is 1. The van der Waals surface area contributed by atoms with Crippen LogP contribution in [0.5, 0.6) is 0 Å². The molecular formula is C14H18ClNO4S. The van der Waals surface area contributed by atoms with Crippen molar-refractivity contribution < 1.29 is 17.9 Å². The van der Waals surface area contributed by atoms with E-state index in [2.05, 4.69) is 5.32 Å². The number of hydrogen-bond acceptors (Lipinski definition) is 4. The molecule has 0 atom stereocenters. The van der Waals surface area contributed by atoms with Crippen molar-refractivity contribution in [3.05, 3.63) is 29.3 Å². The zero-order valence-corrected chi connectivity index (χ0v) is 13.5. The van der Waals surface area contributed by atoms with Crippen LogP contribution >= 0.6 is 10.7 Å². The summed E-state index contributed by atoms with van der Waals surface area (Å²) in [5, 5.41) is 2.89. The second-order valence-corrected chi connectivity index (χ2v) is 7.68. The van der Waals surface area contributed by atoms with Gasteiger partial charge in [-0.15, -0.1) is 0 Å². The molecule has 0 aliphatic heterocycles. The quantitative estimate of drug-likeness (QED) is 0.838. The van der Waals surface area contributed by atoms with Crippen molar-refractivity contribution in [3.8, 4) is 0 Å². The molecule has 21 heavy (non-hydrogen) atoms. The van der Waals surface area contributed by atoms with Crippen molar-refractivity contribution in [2.24, 2.45) is 0 Å². The van der Waals surface area contributed by atoms with E-state index >= 15 is 0 Å². The number of aryl methyl sites for hydroxylation is 1. The maximum absolute atomic E-state index is 12.3. The first-order chi connectivity index (χ1) is 9.85. The number of ether oxygens (including phenoxy) is 1. The fourth-order valence-corrected chi connectivity index (χ4v) is 3.14. The highest BCUT2D eigenvalue weighted by Gasteiger charge is 2.30. The Balaban J connectivity index is 2.19. The molecule has 2 rings (SSSR count). The summed E-state index contributed by atoms with van der Waals surface area (Å²) in [6.45, 7) is 1.91. The smallest absolute Gasteiger partial charge is 0.261 e. The Morgan fingerprint density at radius 1 is 1.43 bits per heavy atom. The van der Waals surface area contributed by atoms with E-state index in [0.29, 0.717) is 12.0 Å². The lowest BCUT2D eigenvalue weighted by atomic mass is 9.89. The molecule has 0 bridgehead atoms. The van der Waals surface area contributed by atoms with Crippen LogP contribution in [0.2, 0.25) is 0 Å². The number of amides is 1. The minimum Gasteiger partial charge on any atom is -0.381 e. The Morgan fingerprint density at radius 2 is 2.10 bits per heavy atom. The van der Waals surface area contributed by atoms with E-state index in [0.717, 1.165) is 18.4 Å². The van der Waals surface area contributed by atoms with Crippen LogP contribution in [0.4, 0.5) is 0 Å². The van der Waals surface area contributed by atoms with Crippen molar-refractivity contribution in [2.75, 3.05) is 7.11 Å². The van der Waals surface area contributed by atoms with E-state index in [1.165, 1.54) is 12.1 Å². The van der Waals surface area contributed by atoms with E-state index < -0.39 is 9.05 Å². The summed E-state index contributed by atoms with van der Waals surface area (Å²) in [6, 6.07) is 4.46. The van der Waals surface area contributed by atoms with Gasteiger partial charge in [0.05, 0.1) is 11.0 Å². The van der Waals surface area contributed by atoms with Crippen LogP contribution in [-0.2, 0) is 20.2 Å². The number of carbonyl (C=O) groups is 1. The Morgan fingerprint density at radius 3 is 2.62 bits per heavy atom. The third-order valence-corrected chi connectivity index (χ3v) is 5.10. The molecule has 0 radical (unpaired) electrons. The minimum absolute atomic E-state index is 0.0603. The summed E-state index contributed by atoms with van der Waals surface area (Å²) in [6.07, 6.45) is 2.38. The standard InChI is InChI=1S/C14H18ClNO4S/c1-3-9-4-5-12(21(15,18)19)8-13(9)14(17)16-10-6-11(7-10)20-2/h4-5,8,10-11H,3,6-7H2,1-2H3,(H,16,17). The average molecular weight is 332 g/mol. The van der Waals surface area contributed by atoms with Crippen molar-refractivity contribution >= 4 is 25.6 Å². The van der Waals surface area contributed by atoms with Gasteiger partial charge in [0, 0.05) is 29.4 Å². The molecule has 1 aromatic rings. The maximum Gasteiger partial charge on any atom is 0.261 e. The van der Waals surface area contributed by atoms with Gasteiger partial charge in [0.25, 0.3) is 15.0 Å². The van der Waals surface area contributed by atoms with E-state index in [1.54, 1.807) is 13.2 Å². The monoisotopic (exact) mass is 331 g/mol. The highest BCUT2D eigenvalue weighted by Crippen LogP contribution is 2.24. The van der Waals surface area contributed by atoms with Gasteiger partial charge in [-0.25, -0.2) is 8.42 Å². The molecule has 1 aliphatic carbocycles. The maximum atomic E-state index is 12.3. The molecule has 1 N–H and O–H groups in total. The van der Waals surface area contributed by atoms with Crippen molar-refractivity contribution in [1.29, 1.82) is 0 Å². The van der Waals surface area contributed by atoms with Gasteiger partial charge < -0.3 is 10.1 Å². The van der Waals surface area contributed by atoms with Gasteiger partial charge >= 0.3 is 0 Å². The SMILES string of the molecule is CCc1ccc(S(=O)(=O)Cl)cc1C(=O)NC1CC(OC)C1. The lowest BCUT2D eigenvalue weighted by Crippen LogP contribution is -2.47. The predicted molar refractivity (Wildman–Crippen MR) is 80.1 cm³/mol. The summed E-state index contributed by atoms with van der Waals surface area (Å²) in [4.78, 5) is 12.3. The first-order valence-electron chi connectivity index (χ1n) is 6.76. The van der Waals surface area contributed by atoms with Crippen LogP contribution in [0.3, 0.4) is 0 Å². The number of methoxy groups -OCH3 is 1. The van der Waals surface area contributed by atoms with Crippen LogP contribution in [0.15, 0.2) is 23.1 Å². The Labute approximate surface area is 129 Å². The molecule has 0 aromatic heterocycles. The lowest BCUT2D eigenvalue weighted by molar-refractivity contribution is 0.0176. The molecule has 1 aromatic carbocycles. The molecule has 116 valence electrons. The number of nitrogens with one attached hydrogen (secondary N) is 1. The number of benzene rings is 1. The van der Waals surface area contributed by atoms with Gasteiger partial charge in [0.1, 0.15) is 0 Å². The van der Waals surface area contributed by atoms with Crippen molar-refractivity contribution in [3.63, 3.8) is 0 Å². The second-order valence-electron chi connectivity index (χ2n) is 5.11. The number of halogens is 1. The summed E-state index contributed by atoms with van der Waals surface area (Å²) in [5.41, 5.74) is 1.15. The Hall–Kier alpha value is -1.11. The molecule has 0 saturated heterocycles. The Bertz CT molecular complexity index is 638. The van der Waals surface area contributed by atoms with Crippen LogP contribution in [0.25, 0.3) is 0 Å². The molecular weight excluding hydrogens is 314 g/mol. The van der Waals surface area contributed by atoms with Crippen molar-refractivity contribution in [2.45, 2.75) is 43.2 Å². The highest BCUT2D eigenvalue weighted by atomic mass is 35.7. The highest BCUT2D eigenvalue weighted by molar-refractivity contribution is 8.13. The van der Waals surface area contributed by atoms with E-state index in [1.807, 2.05) is 6.92 Å².